The highest BCUT2D eigenvalue weighted by Crippen LogP contribution is 2.34. The molecule has 1 aromatic heterocycles. The average molecular weight is 360 g/mol. The van der Waals surface area contributed by atoms with E-state index in [0.29, 0.717) is 11.3 Å². The minimum atomic E-state index is -1.87. The lowest BCUT2D eigenvalue weighted by atomic mass is 9.96. The number of furan rings is 1. The maximum Gasteiger partial charge on any atom is 0.362 e. The van der Waals surface area contributed by atoms with Crippen LogP contribution in [0.3, 0.4) is 0 Å². The number of hydrogen-bond donors (Lipinski definition) is 0. The zero-order chi connectivity index (χ0) is 18.7. The lowest BCUT2D eigenvalue weighted by Gasteiger charge is -2.26. The number of carbonyl (C=O) groups excluding carboxylic acids is 2. The van der Waals surface area contributed by atoms with Gasteiger partial charge in [-0.1, -0.05) is 0 Å². The van der Waals surface area contributed by atoms with E-state index in [4.69, 9.17) is 18.6 Å². The zero-order valence-electron chi connectivity index (χ0n) is 15.4. The molecule has 0 saturated carbocycles. The third kappa shape index (κ3) is 3.28. The number of esters is 2. The lowest BCUT2D eigenvalue weighted by Crippen LogP contribution is -2.51. The van der Waals surface area contributed by atoms with Gasteiger partial charge in [-0.15, -0.1) is 0 Å². The molecule has 1 aromatic carbocycles. The fourth-order valence-electron chi connectivity index (χ4n) is 3.25. The summed E-state index contributed by atoms with van der Waals surface area (Å²) in [6, 6.07) is 5.36. The third-order valence-corrected chi connectivity index (χ3v) is 4.58. The summed E-state index contributed by atoms with van der Waals surface area (Å²) < 4.78 is 21.7. The molecular weight excluding hydrogens is 336 g/mol. The molecule has 0 aliphatic heterocycles. The highest BCUT2D eigenvalue weighted by Gasteiger charge is 2.47. The molecule has 3 rings (SSSR count). The molecule has 0 amide bonds. The number of benzene rings is 1. The van der Waals surface area contributed by atoms with Crippen LogP contribution in [-0.2, 0) is 31.9 Å². The molecule has 0 atom stereocenters. The lowest BCUT2D eigenvalue weighted by molar-refractivity contribution is -0.177. The van der Waals surface area contributed by atoms with Gasteiger partial charge in [0.25, 0.3) is 5.60 Å². The van der Waals surface area contributed by atoms with Crippen LogP contribution in [0.15, 0.2) is 22.6 Å². The number of ether oxygens (including phenoxy) is 3. The van der Waals surface area contributed by atoms with Crippen molar-refractivity contribution < 1.29 is 28.2 Å². The SMILES string of the molecule is CCOC(=O)C(C)(Oc1ccc2c3c(oc2c1)CCCC3)C(=O)OCC. The van der Waals surface area contributed by atoms with Crippen LogP contribution in [0.25, 0.3) is 11.0 Å². The van der Waals surface area contributed by atoms with Gasteiger partial charge >= 0.3 is 11.9 Å². The molecule has 2 aromatic rings. The molecule has 6 nitrogen and oxygen atoms in total. The molecule has 0 unspecified atom stereocenters. The Hall–Kier alpha value is -2.50. The summed E-state index contributed by atoms with van der Waals surface area (Å²) in [5.41, 5.74) is 0.0761. The molecule has 6 heteroatoms. The standard InChI is InChI=1S/C20H24O6/c1-4-23-18(21)20(3,19(22)24-5-2)26-13-10-11-15-14-8-6-7-9-16(14)25-17(15)12-13/h10-12H,4-9H2,1-3H3. The highest BCUT2D eigenvalue weighted by atomic mass is 16.6. The van der Waals surface area contributed by atoms with Gasteiger partial charge in [0.05, 0.1) is 13.2 Å². The number of carbonyl (C=O) groups is 2. The van der Waals surface area contributed by atoms with E-state index in [0.717, 1.165) is 36.8 Å². The van der Waals surface area contributed by atoms with E-state index in [1.165, 1.54) is 12.5 Å². The van der Waals surface area contributed by atoms with E-state index in [1.54, 1.807) is 26.0 Å². The molecule has 0 N–H and O–H groups in total. The summed E-state index contributed by atoms with van der Waals surface area (Å²) in [7, 11) is 0. The van der Waals surface area contributed by atoms with Crippen LogP contribution in [0.5, 0.6) is 5.75 Å². The maximum atomic E-state index is 12.3. The van der Waals surface area contributed by atoms with E-state index >= 15 is 0 Å². The van der Waals surface area contributed by atoms with Crippen LogP contribution < -0.4 is 4.74 Å². The summed E-state index contributed by atoms with van der Waals surface area (Å²) in [6.07, 6.45) is 4.22. The van der Waals surface area contributed by atoms with Gasteiger partial charge < -0.3 is 18.6 Å². The molecule has 140 valence electrons. The predicted molar refractivity (Wildman–Crippen MR) is 95.2 cm³/mol. The second-order valence-corrected chi connectivity index (χ2v) is 6.45. The Bertz CT molecular complexity index is 801. The number of aryl methyl sites for hydroxylation is 2. The molecule has 0 bridgehead atoms. The Balaban J connectivity index is 1.93. The number of rotatable bonds is 6. The minimum Gasteiger partial charge on any atom is -0.464 e. The Morgan fingerprint density at radius 3 is 2.38 bits per heavy atom. The van der Waals surface area contributed by atoms with Crippen molar-refractivity contribution in [2.24, 2.45) is 0 Å². The van der Waals surface area contributed by atoms with Crippen LogP contribution in [0.2, 0.25) is 0 Å². The summed E-state index contributed by atoms with van der Waals surface area (Å²) >= 11 is 0. The normalized spacial score (nSPS) is 14.0. The molecule has 26 heavy (non-hydrogen) atoms. The van der Waals surface area contributed by atoms with Gasteiger partial charge in [-0.3, -0.25) is 0 Å². The fraction of sp³-hybridized carbons (Fsp3) is 0.500. The molecule has 0 radical (unpaired) electrons. The van der Waals surface area contributed by atoms with Crippen molar-refractivity contribution in [3.63, 3.8) is 0 Å². The van der Waals surface area contributed by atoms with Crippen LogP contribution >= 0.6 is 0 Å². The maximum absolute atomic E-state index is 12.3. The van der Waals surface area contributed by atoms with Crippen LogP contribution in [0.4, 0.5) is 0 Å². The zero-order valence-corrected chi connectivity index (χ0v) is 15.4. The highest BCUT2D eigenvalue weighted by molar-refractivity contribution is 6.03. The topological polar surface area (TPSA) is 75.0 Å². The summed E-state index contributed by atoms with van der Waals surface area (Å²) in [6.45, 7) is 4.98. The van der Waals surface area contributed by atoms with Gasteiger partial charge in [0.2, 0.25) is 0 Å². The fourth-order valence-corrected chi connectivity index (χ4v) is 3.25. The molecule has 0 saturated heterocycles. The van der Waals surface area contributed by atoms with Gasteiger partial charge in [0.1, 0.15) is 17.1 Å². The van der Waals surface area contributed by atoms with E-state index < -0.39 is 17.5 Å². The average Bonchev–Trinajstić information content (AvgIpc) is 2.99. The smallest absolute Gasteiger partial charge is 0.362 e. The summed E-state index contributed by atoms with van der Waals surface area (Å²) in [5.74, 6) is -0.191. The van der Waals surface area contributed by atoms with E-state index in [1.807, 2.05) is 6.07 Å². The minimum absolute atomic E-state index is 0.140. The Morgan fingerprint density at radius 1 is 1.08 bits per heavy atom. The molecular formula is C20H24O6. The van der Waals surface area contributed by atoms with Crippen molar-refractivity contribution in [3.05, 3.63) is 29.5 Å². The summed E-state index contributed by atoms with van der Waals surface area (Å²) in [5, 5.41) is 1.06. The second-order valence-electron chi connectivity index (χ2n) is 6.45. The van der Waals surface area contributed by atoms with Crippen LogP contribution in [0.1, 0.15) is 44.9 Å². The van der Waals surface area contributed by atoms with Gasteiger partial charge in [0.15, 0.2) is 0 Å². The third-order valence-electron chi connectivity index (χ3n) is 4.58. The first kappa shape index (κ1) is 18.3. The first-order chi connectivity index (χ1) is 12.5. The molecule has 0 spiro atoms. The van der Waals surface area contributed by atoms with Crippen LogP contribution in [-0.4, -0.2) is 30.8 Å². The van der Waals surface area contributed by atoms with Gasteiger partial charge in [-0.25, -0.2) is 9.59 Å². The van der Waals surface area contributed by atoms with Gasteiger partial charge in [0, 0.05) is 23.4 Å². The second kappa shape index (κ2) is 7.40. The molecule has 1 aliphatic carbocycles. The Labute approximate surface area is 152 Å². The number of fused-ring (bicyclic) bond motifs is 3. The summed E-state index contributed by atoms with van der Waals surface area (Å²) in [4.78, 5) is 24.7. The van der Waals surface area contributed by atoms with E-state index in [-0.39, 0.29) is 13.2 Å². The molecule has 1 aliphatic rings. The van der Waals surface area contributed by atoms with Crippen molar-refractivity contribution in [1.82, 2.24) is 0 Å². The van der Waals surface area contributed by atoms with Crippen molar-refractivity contribution >= 4 is 22.9 Å². The predicted octanol–water partition coefficient (Wildman–Crippen LogP) is 3.58. The van der Waals surface area contributed by atoms with E-state index in [2.05, 4.69) is 0 Å². The van der Waals surface area contributed by atoms with Crippen molar-refractivity contribution in [3.8, 4) is 5.75 Å². The van der Waals surface area contributed by atoms with Crippen molar-refractivity contribution in [2.75, 3.05) is 13.2 Å². The van der Waals surface area contributed by atoms with Gasteiger partial charge in [-0.05, 0) is 52.2 Å². The first-order valence-corrected chi connectivity index (χ1v) is 9.07. The number of hydrogen-bond acceptors (Lipinski definition) is 6. The van der Waals surface area contributed by atoms with Crippen molar-refractivity contribution in [2.45, 2.75) is 52.1 Å². The van der Waals surface area contributed by atoms with Crippen LogP contribution in [0, 0.1) is 0 Å². The molecule has 1 heterocycles. The van der Waals surface area contributed by atoms with Crippen molar-refractivity contribution in [1.29, 1.82) is 0 Å². The Morgan fingerprint density at radius 2 is 1.73 bits per heavy atom. The van der Waals surface area contributed by atoms with Gasteiger partial charge in [-0.2, -0.15) is 0 Å². The van der Waals surface area contributed by atoms with E-state index in [9.17, 15) is 9.59 Å². The largest absolute Gasteiger partial charge is 0.464 e. The quantitative estimate of drug-likeness (QED) is 0.579. The Kier molecular flexibility index (Phi) is 5.20. The molecule has 0 fully saturated rings. The first-order valence-electron chi connectivity index (χ1n) is 9.07. The monoisotopic (exact) mass is 360 g/mol.